The lowest BCUT2D eigenvalue weighted by atomic mass is 9.96. The van der Waals surface area contributed by atoms with Crippen molar-refractivity contribution in [2.45, 2.75) is 6.18 Å². The Morgan fingerprint density at radius 2 is 1.74 bits per heavy atom. The molecule has 0 aliphatic heterocycles. The molecule has 0 aliphatic rings. The minimum atomic E-state index is -4.44. The topological polar surface area (TPSA) is 26.3 Å². The van der Waals surface area contributed by atoms with E-state index in [2.05, 4.69) is 4.74 Å². The molecular formula is C17H11F3O2S. The molecular weight excluding hydrogens is 325 g/mol. The highest BCUT2D eigenvalue weighted by molar-refractivity contribution is 7.20. The Kier molecular flexibility index (Phi) is 3.85. The van der Waals surface area contributed by atoms with E-state index in [9.17, 15) is 18.0 Å². The van der Waals surface area contributed by atoms with Crippen LogP contribution in [0.3, 0.4) is 0 Å². The number of hydrogen-bond donors (Lipinski definition) is 0. The first-order valence-corrected chi connectivity index (χ1v) is 7.51. The van der Waals surface area contributed by atoms with Crippen LogP contribution in [0.2, 0.25) is 0 Å². The molecule has 0 spiro atoms. The molecule has 0 saturated carbocycles. The fraction of sp³-hybridized carbons (Fsp3) is 0.118. The Labute approximate surface area is 134 Å². The van der Waals surface area contributed by atoms with Gasteiger partial charge in [-0.05, 0) is 29.3 Å². The number of alkyl halides is 3. The molecule has 3 rings (SSSR count). The second-order valence-corrected chi connectivity index (χ2v) is 5.95. The number of ether oxygens (including phenoxy) is 1. The highest BCUT2D eigenvalue weighted by Gasteiger charge is 2.33. The summed E-state index contributed by atoms with van der Waals surface area (Å²) >= 11 is 1.20. The molecule has 6 heteroatoms. The predicted octanol–water partition coefficient (Wildman–Crippen LogP) is 5.37. The van der Waals surface area contributed by atoms with E-state index in [1.54, 1.807) is 30.3 Å². The van der Waals surface area contributed by atoms with Gasteiger partial charge in [-0.25, -0.2) is 4.79 Å². The zero-order valence-electron chi connectivity index (χ0n) is 12.0. The number of benzene rings is 2. The molecule has 0 amide bonds. The third kappa shape index (κ3) is 2.82. The number of thiophene rings is 1. The summed E-state index contributed by atoms with van der Waals surface area (Å²) in [5, 5.41) is 0.606. The maximum atomic E-state index is 13.3. The van der Waals surface area contributed by atoms with Gasteiger partial charge in [0.1, 0.15) is 4.88 Å². The van der Waals surface area contributed by atoms with Crippen LogP contribution in [-0.4, -0.2) is 13.1 Å². The van der Waals surface area contributed by atoms with Crippen molar-refractivity contribution in [3.63, 3.8) is 0 Å². The highest BCUT2D eigenvalue weighted by atomic mass is 32.1. The Balaban J connectivity index is 2.26. The fourth-order valence-corrected chi connectivity index (χ4v) is 3.47. The molecule has 0 bridgehead atoms. The molecule has 1 aromatic heterocycles. The lowest BCUT2D eigenvalue weighted by Crippen LogP contribution is -2.06. The SMILES string of the molecule is COC(=O)c1cc2c(-c3ccccc3C(F)(F)F)cccc2s1. The number of hydrogen-bond acceptors (Lipinski definition) is 3. The van der Waals surface area contributed by atoms with Crippen molar-refractivity contribution >= 4 is 27.4 Å². The van der Waals surface area contributed by atoms with Gasteiger partial charge < -0.3 is 4.74 Å². The van der Waals surface area contributed by atoms with Crippen molar-refractivity contribution in [1.29, 1.82) is 0 Å². The average molecular weight is 336 g/mol. The molecule has 0 radical (unpaired) electrons. The smallest absolute Gasteiger partial charge is 0.417 e. The van der Waals surface area contributed by atoms with Crippen LogP contribution in [0.15, 0.2) is 48.5 Å². The first kappa shape index (κ1) is 15.6. The Bertz CT molecular complexity index is 881. The van der Waals surface area contributed by atoms with Crippen molar-refractivity contribution in [1.82, 2.24) is 0 Å². The monoisotopic (exact) mass is 336 g/mol. The maximum Gasteiger partial charge on any atom is 0.417 e. The van der Waals surface area contributed by atoms with Crippen molar-refractivity contribution in [3.05, 3.63) is 59.0 Å². The largest absolute Gasteiger partial charge is 0.465 e. The molecule has 23 heavy (non-hydrogen) atoms. The van der Waals surface area contributed by atoms with Gasteiger partial charge in [0.15, 0.2) is 0 Å². The van der Waals surface area contributed by atoms with Gasteiger partial charge in [-0.3, -0.25) is 0 Å². The quantitative estimate of drug-likeness (QED) is 0.588. The van der Waals surface area contributed by atoms with E-state index in [0.717, 1.165) is 10.8 Å². The van der Waals surface area contributed by atoms with Gasteiger partial charge in [0, 0.05) is 10.1 Å². The number of rotatable bonds is 2. The van der Waals surface area contributed by atoms with E-state index in [4.69, 9.17) is 0 Å². The van der Waals surface area contributed by atoms with E-state index in [0.29, 0.717) is 15.8 Å². The normalized spacial score (nSPS) is 11.7. The molecule has 0 fully saturated rings. The van der Waals surface area contributed by atoms with Crippen molar-refractivity contribution < 1.29 is 22.7 Å². The molecule has 2 aromatic carbocycles. The number of carbonyl (C=O) groups is 1. The van der Waals surface area contributed by atoms with Crippen molar-refractivity contribution in [3.8, 4) is 11.1 Å². The second-order valence-electron chi connectivity index (χ2n) is 4.86. The Morgan fingerprint density at radius 1 is 1.04 bits per heavy atom. The van der Waals surface area contributed by atoms with E-state index in [1.807, 2.05) is 0 Å². The van der Waals surface area contributed by atoms with Gasteiger partial charge in [-0.2, -0.15) is 13.2 Å². The molecule has 3 aromatic rings. The van der Waals surface area contributed by atoms with Gasteiger partial charge in [0.25, 0.3) is 0 Å². The number of halogens is 3. The maximum absolute atomic E-state index is 13.3. The minimum absolute atomic E-state index is 0.0971. The molecule has 2 nitrogen and oxygen atoms in total. The van der Waals surface area contributed by atoms with E-state index in [1.165, 1.54) is 30.6 Å². The van der Waals surface area contributed by atoms with Crippen LogP contribution in [0.25, 0.3) is 21.2 Å². The summed E-state index contributed by atoms with van der Waals surface area (Å²) in [4.78, 5) is 12.0. The van der Waals surface area contributed by atoms with Crippen LogP contribution in [0, 0.1) is 0 Å². The van der Waals surface area contributed by atoms with Crippen LogP contribution in [0.1, 0.15) is 15.2 Å². The molecule has 0 saturated heterocycles. The molecule has 0 N–H and O–H groups in total. The molecule has 0 atom stereocenters. The number of fused-ring (bicyclic) bond motifs is 1. The van der Waals surface area contributed by atoms with Crippen LogP contribution < -0.4 is 0 Å². The predicted molar refractivity (Wildman–Crippen MR) is 83.6 cm³/mol. The number of methoxy groups -OCH3 is 1. The van der Waals surface area contributed by atoms with Crippen LogP contribution >= 0.6 is 11.3 Å². The van der Waals surface area contributed by atoms with Crippen LogP contribution in [0.4, 0.5) is 13.2 Å². The third-order valence-corrected chi connectivity index (χ3v) is 4.55. The number of esters is 1. The lowest BCUT2D eigenvalue weighted by molar-refractivity contribution is -0.137. The van der Waals surface area contributed by atoms with Gasteiger partial charge in [-0.15, -0.1) is 11.3 Å². The zero-order chi connectivity index (χ0) is 16.6. The minimum Gasteiger partial charge on any atom is -0.465 e. The third-order valence-electron chi connectivity index (χ3n) is 3.47. The van der Waals surface area contributed by atoms with E-state index >= 15 is 0 Å². The number of carbonyl (C=O) groups excluding carboxylic acids is 1. The van der Waals surface area contributed by atoms with Crippen LogP contribution in [-0.2, 0) is 10.9 Å². The standard InChI is InChI=1S/C17H11F3O2S/c1-22-16(21)15-9-12-10(6-4-8-14(12)23-15)11-5-2-3-7-13(11)17(18,19)20/h2-9H,1H3. The summed E-state index contributed by atoms with van der Waals surface area (Å²) in [5.74, 6) is -0.499. The summed E-state index contributed by atoms with van der Waals surface area (Å²) in [7, 11) is 1.27. The van der Waals surface area contributed by atoms with Gasteiger partial charge in [0.2, 0.25) is 0 Å². The molecule has 0 aliphatic carbocycles. The summed E-state index contributed by atoms with van der Waals surface area (Å²) in [5.41, 5.74) is -0.153. The zero-order valence-corrected chi connectivity index (χ0v) is 12.8. The summed E-state index contributed by atoms with van der Waals surface area (Å²) < 4.78 is 45.2. The van der Waals surface area contributed by atoms with E-state index < -0.39 is 17.7 Å². The summed E-state index contributed by atoms with van der Waals surface area (Å²) in [6.45, 7) is 0. The lowest BCUT2D eigenvalue weighted by Gasteiger charge is -2.13. The Hall–Kier alpha value is -2.34. The average Bonchev–Trinajstić information content (AvgIpc) is 2.97. The van der Waals surface area contributed by atoms with E-state index in [-0.39, 0.29) is 5.56 Å². The Morgan fingerprint density at radius 3 is 2.43 bits per heavy atom. The van der Waals surface area contributed by atoms with Crippen molar-refractivity contribution in [2.24, 2.45) is 0 Å². The van der Waals surface area contributed by atoms with Gasteiger partial charge in [-0.1, -0.05) is 30.3 Å². The molecule has 0 unspecified atom stereocenters. The highest BCUT2D eigenvalue weighted by Crippen LogP contribution is 2.41. The summed E-state index contributed by atoms with van der Waals surface area (Å²) in [6.07, 6.45) is -4.44. The second kappa shape index (κ2) is 5.70. The first-order valence-electron chi connectivity index (χ1n) is 6.69. The molecule has 1 heterocycles. The first-order chi connectivity index (χ1) is 10.9. The van der Waals surface area contributed by atoms with Crippen molar-refractivity contribution in [2.75, 3.05) is 7.11 Å². The van der Waals surface area contributed by atoms with Gasteiger partial charge in [0.05, 0.1) is 12.7 Å². The summed E-state index contributed by atoms with van der Waals surface area (Å²) in [6, 6.07) is 12.1. The molecule has 118 valence electrons. The fourth-order valence-electron chi connectivity index (χ4n) is 2.46. The van der Waals surface area contributed by atoms with Crippen LogP contribution in [0.5, 0.6) is 0 Å². The van der Waals surface area contributed by atoms with Gasteiger partial charge >= 0.3 is 12.1 Å².